The third kappa shape index (κ3) is 6.89. The molecule has 1 aliphatic heterocycles. The Morgan fingerprint density at radius 2 is 1.61 bits per heavy atom. The fraction of sp³-hybridized carbons (Fsp3) is 0.375. The number of nitrogens with one attached hydrogen (secondary N) is 2. The number of alkyl halides is 6. The van der Waals surface area contributed by atoms with E-state index in [1.54, 1.807) is 43.5 Å². The largest absolute Gasteiger partial charge is 0.438 e. The van der Waals surface area contributed by atoms with Gasteiger partial charge in [-0.1, -0.05) is 30.3 Å². The van der Waals surface area contributed by atoms with E-state index in [4.69, 9.17) is 9.39 Å². The second-order valence-electron chi connectivity index (χ2n) is 8.46. The van der Waals surface area contributed by atoms with Gasteiger partial charge in [-0.2, -0.15) is 26.3 Å². The Hall–Kier alpha value is -2.83. The number of benzene rings is 2. The highest BCUT2D eigenvalue weighted by Crippen LogP contribution is 2.38. The first kappa shape index (κ1) is 27.8. The molecule has 36 heavy (non-hydrogen) atoms. The molecule has 0 radical (unpaired) electrons. The second kappa shape index (κ2) is 10.7. The zero-order valence-corrected chi connectivity index (χ0v) is 19.8. The van der Waals surface area contributed by atoms with Crippen molar-refractivity contribution in [3.8, 4) is 0 Å². The summed E-state index contributed by atoms with van der Waals surface area (Å²) in [6.07, 6.45) is -9.49. The lowest BCUT2D eigenvalue weighted by Crippen LogP contribution is -2.44. The van der Waals surface area contributed by atoms with Gasteiger partial charge >= 0.3 is 19.4 Å². The summed E-state index contributed by atoms with van der Waals surface area (Å²) in [4.78, 5) is 12.3. The summed E-state index contributed by atoms with van der Waals surface area (Å²) in [7, 11) is 1.28. The van der Waals surface area contributed by atoms with Crippen LogP contribution >= 0.6 is 0 Å². The molecule has 0 amide bonds. The van der Waals surface area contributed by atoms with Crippen molar-refractivity contribution in [2.45, 2.75) is 37.8 Å². The molecular weight excluding hydrogens is 489 g/mol. The van der Waals surface area contributed by atoms with Crippen LogP contribution in [-0.2, 0) is 32.1 Å². The van der Waals surface area contributed by atoms with Gasteiger partial charge in [0.05, 0.1) is 41.6 Å². The van der Waals surface area contributed by atoms with E-state index in [2.05, 4.69) is 10.5 Å². The molecule has 5 nitrogen and oxygen atoms in total. The number of hydrogen-bond acceptors (Lipinski definition) is 5. The smallest absolute Gasteiger partial charge is 0.418 e. The highest BCUT2D eigenvalue weighted by molar-refractivity contribution is 6.58. The Labute approximate surface area is 205 Å². The summed E-state index contributed by atoms with van der Waals surface area (Å²) in [6, 6.07) is 10.2. The molecule has 0 aliphatic carbocycles. The Balaban J connectivity index is 1.98. The maximum Gasteiger partial charge on any atom is 0.438 e. The van der Waals surface area contributed by atoms with Gasteiger partial charge in [0, 0.05) is 6.92 Å². The van der Waals surface area contributed by atoms with Gasteiger partial charge in [0.2, 0.25) is 0 Å². The average molecular weight is 514 g/mol. The Morgan fingerprint density at radius 1 is 1.06 bits per heavy atom. The SMILES string of the molecule is CN[C@](/C=C(/NB1CO1)C(C)=O)(CO[C@H](C)c1cc(C(F)(F)F)cc(C(F)(F)F)c1)c1ccccc1. The van der Waals surface area contributed by atoms with Gasteiger partial charge in [0.25, 0.3) is 0 Å². The minimum Gasteiger partial charge on any atom is -0.418 e. The summed E-state index contributed by atoms with van der Waals surface area (Å²) in [5.74, 6) is -0.290. The molecule has 2 atom stereocenters. The molecule has 194 valence electrons. The number of ketones is 1. The van der Waals surface area contributed by atoms with Crippen LogP contribution in [0, 0.1) is 0 Å². The molecule has 12 heteroatoms. The summed E-state index contributed by atoms with van der Waals surface area (Å²) >= 11 is 0. The number of carbonyl (C=O) groups is 1. The first-order valence-electron chi connectivity index (χ1n) is 11.0. The fourth-order valence-corrected chi connectivity index (χ4v) is 3.60. The predicted molar refractivity (Wildman–Crippen MR) is 122 cm³/mol. The van der Waals surface area contributed by atoms with Crippen LogP contribution in [0.25, 0.3) is 0 Å². The van der Waals surface area contributed by atoms with Crippen molar-refractivity contribution in [3.63, 3.8) is 0 Å². The molecular formula is C24H25BF6N2O3. The predicted octanol–water partition coefficient (Wildman–Crippen LogP) is 5.04. The summed E-state index contributed by atoms with van der Waals surface area (Å²) in [5, 5.41) is 6.06. The first-order chi connectivity index (χ1) is 16.7. The van der Waals surface area contributed by atoms with Crippen LogP contribution in [0.1, 0.15) is 42.2 Å². The van der Waals surface area contributed by atoms with E-state index in [1.165, 1.54) is 13.8 Å². The third-order valence-electron chi connectivity index (χ3n) is 5.80. The standard InChI is InChI=1S/C24H25BF6N2O3/c1-15(34)21(33-25-14-36-25)12-22(32-3,18-7-5-4-6-8-18)13-35-16(2)17-9-19(23(26,27)28)11-20(10-17)24(29,30)31/h4-12,16,32-33H,13-14H2,1-3H3/b21-12+/t16-,22-/m1/s1. The minimum absolute atomic E-state index is 0.0750. The van der Waals surface area contributed by atoms with Crippen LogP contribution in [0.4, 0.5) is 26.3 Å². The molecule has 1 aliphatic rings. The topological polar surface area (TPSA) is 62.9 Å². The van der Waals surface area contributed by atoms with E-state index in [0.29, 0.717) is 24.2 Å². The molecule has 0 spiro atoms. The Bertz CT molecular complexity index is 1070. The lowest BCUT2D eigenvalue weighted by molar-refractivity contribution is -0.143. The van der Waals surface area contributed by atoms with Gasteiger partial charge in [-0.3, -0.25) is 4.79 Å². The molecule has 0 saturated carbocycles. The van der Waals surface area contributed by atoms with Gasteiger partial charge in [-0.15, -0.1) is 0 Å². The molecule has 2 aromatic rings. The van der Waals surface area contributed by atoms with Crippen LogP contribution in [-0.4, -0.2) is 33.0 Å². The Morgan fingerprint density at radius 3 is 2.06 bits per heavy atom. The lowest BCUT2D eigenvalue weighted by atomic mass is 9.87. The van der Waals surface area contributed by atoms with Gasteiger partial charge in [-0.05, 0) is 49.4 Å². The molecule has 1 heterocycles. The van der Waals surface area contributed by atoms with E-state index in [1.807, 2.05) is 0 Å². The van der Waals surface area contributed by atoms with Crippen molar-refractivity contribution in [1.82, 2.24) is 10.5 Å². The van der Waals surface area contributed by atoms with Gasteiger partial charge in [-0.25, -0.2) is 0 Å². The minimum atomic E-state index is -4.97. The maximum absolute atomic E-state index is 13.3. The fourth-order valence-electron chi connectivity index (χ4n) is 3.60. The van der Waals surface area contributed by atoms with Gasteiger partial charge < -0.3 is 19.9 Å². The number of rotatable bonds is 10. The van der Waals surface area contributed by atoms with E-state index in [0.717, 1.165) is 0 Å². The van der Waals surface area contributed by atoms with Crippen molar-refractivity contribution in [2.24, 2.45) is 0 Å². The molecule has 0 unspecified atom stereocenters. The van der Waals surface area contributed by atoms with E-state index in [9.17, 15) is 31.1 Å². The lowest BCUT2D eigenvalue weighted by Gasteiger charge is -2.33. The Kier molecular flexibility index (Phi) is 8.22. The number of hydrogen-bond donors (Lipinski definition) is 2. The molecule has 1 saturated heterocycles. The highest BCUT2D eigenvalue weighted by atomic mass is 19.4. The van der Waals surface area contributed by atoms with E-state index >= 15 is 0 Å². The highest BCUT2D eigenvalue weighted by Gasteiger charge is 2.38. The zero-order valence-electron chi connectivity index (χ0n) is 19.8. The van der Waals surface area contributed by atoms with Gasteiger partial charge in [0.1, 0.15) is 0 Å². The van der Waals surface area contributed by atoms with Crippen LogP contribution in [0.3, 0.4) is 0 Å². The monoisotopic (exact) mass is 514 g/mol. The molecule has 1 fully saturated rings. The molecule has 0 bridgehead atoms. The second-order valence-corrected chi connectivity index (χ2v) is 8.46. The van der Waals surface area contributed by atoms with E-state index < -0.39 is 35.1 Å². The van der Waals surface area contributed by atoms with Crippen LogP contribution in [0.15, 0.2) is 60.3 Å². The van der Waals surface area contributed by atoms with Crippen molar-refractivity contribution in [2.75, 3.05) is 20.2 Å². The number of halogens is 6. The summed E-state index contributed by atoms with van der Waals surface area (Å²) < 4.78 is 90.8. The summed E-state index contributed by atoms with van der Waals surface area (Å²) in [6.45, 7) is 2.94. The van der Waals surface area contributed by atoms with Gasteiger partial charge in [0.15, 0.2) is 5.78 Å². The molecule has 3 rings (SSSR count). The number of likely N-dealkylation sites (N-methyl/N-ethyl adjacent to an activating group) is 1. The zero-order chi connectivity index (χ0) is 26.7. The van der Waals surface area contributed by atoms with Crippen LogP contribution < -0.4 is 10.5 Å². The van der Waals surface area contributed by atoms with Crippen molar-refractivity contribution < 1.29 is 40.5 Å². The third-order valence-corrected chi connectivity index (χ3v) is 5.80. The normalized spacial score (nSPS) is 16.9. The van der Waals surface area contributed by atoms with E-state index in [-0.39, 0.29) is 36.8 Å². The number of Topliss-reactive ketones (excluding diaryl/α,β-unsaturated/α-hetero) is 1. The number of carbonyl (C=O) groups excluding carboxylic acids is 1. The molecule has 2 aromatic carbocycles. The number of ether oxygens (including phenoxy) is 1. The van der Waals surface area contributed by atoms with Crippen molar-refractivity contribution in [1.29, 1.82) is 0 Å². The number of allylic oxidation sites excluding steroid dienone is 1. The molecule has 2 N–H and O–H groups in total. The van der Waals surface area contributed by atoms with Crippen molar-refractivity contribution >= 4 is 12.8 Å². The van der Waals surface area contributed by atoms with Crippen molar-refractivity contribution in [3.05, 3.63) is 82.6 Å². The summed E-state index contributed by atoms with van der Waals surface area (Å²) in [5.41, 5.74) is -3.37. The van der Waals surface area contributed by atoms with Crippen LogP contribution in [0.2, 0.25) is 0 Å². The van der Waals surface area contributed by atoms with Crippen LogP contribution in [0.5, 0.6) is 0 Å². The maximum atomic E-state index is 13.3. The molecule has 0 aromatic heterocycles. The average Bonchev–Trinajstić information content (AvgIpc) is 3.64. The quantitative estimate of drug-likeness (QED) is 0.202. The first-order valence-corrected chi connectivity index (χ1v) is 11.0.